The second kappa shape index (κ2) is 4.72. The average molecular weight is 196 g/mol. The van der Waals surface area contributed by atoms with E-state index in [-0.39, 0.29) is 6.61 Å². The maximum absolute atomic E-state index is 10.0. The molecule has 1 rings (SSSR count). The lowest BCUT2D eigenvalue weighted by atomic mass is 10.1. The van der Waals surface area contributed by atoms with Crippen molar-refractivity contribution >= 4 is 11.4 Å². The molecule has 13 heavy (non-hydrogen) atoms. The second-order valence-electron chi connectivity index (χ2n) is 2.28. The van der Waals surface area contributed by atoms with Crippen molar-refractivity contribution in [1.82, 2.24) is 0 Å². The van der Waals surface area contributed by atoms with Crippen molar-refractivity contribution in [2.45, 2.75) is 6.61 Å². The minimum atomic E-state index is -2.51. The van der Waals surface area contributed by atoms with E-state index in [1.54, 1.807) is 24.3 Å². The number of benzene rings is 1. The molecule has 0 aliphatic heterocycles. The van der Waals surface area contributed by atoms with Crippen LogP contribution in [0.2, 0.25) is 0 Å². The molecule has 0 aliphatic rings. The first-order chi connectivity index (χ1) is 6.22. The molecule has 68 valence electrons. The van der Waals surface area contributed by atoms with Gasteiger partial charge in [0.15, 0.2) is 0 Å². The molecule has 0 spiro atoms. The summed E-state index contributed by atoms with van der Waals surface area (Å²) >= 11 is -2.51. The number of hydrogen-bond donors (Lipinski definition) is 0. The van der Waals surface area contributed by atoms with Crippen LogP contribution in [0, 0.1) is 11.3 Å². The zero-order valence-electron chi connectivity index (χ0n) is 6.60. The first kappa shape index (κ1) is 9.86. The van der Waals surface area contributed by atoms with Gasteiger partial charge in [-0.3, -0.25) is 4.18 Å². The summed E-state index contributed by atoms with van der Waals surface area (Å²) in [4.78, 5) is 0. The van der Waals surface area contributed by atoms with E-state index in [4.69, 9.17) is 5.26 Å². The van der Waals surface area contributed by atoms with Gasteiger partial charge >= 0.3 is 0 Å². The standard InChI is InChI=1S/C8H7NO3S/c9-5-7-2-1-3-8(4-7)6-12-13(10)11/h1-4H,6H2,(H,10,11)/p-1. The normalized spacial score (nSPS) is 12.0. The number of nitriles is 1. The highest BCUT2D eigenvalue weighted by Crippen LogP contribution is 2.05. The Morgan fingerprint density at radius 2 is 2.38 bits per heavy atom. The zero-order valence-corrected chi connectivity index (χ0v) is 7.41. The zero-order chi connectivity index (χ0) is 9.68. The lowest BCUT2D eigenvalue weighted by Crippen LogP contribution is -1.96. The third kappa shape index (κ3) is 3.34. The molecule has 1 aromatic rings. The summed E-state index contributed by atoms with van der Waals surface area (Å²) in [5, 5.41) is 8.53. The Labute approximate surface area is 78.3 Å². The Hall–Kier alpha value is -1.22. The van der Waals surface area contributed by atoms with Crippen LogP contribution >= 0.6 is 0 Å². The first-order valence-corrected chi connectivity index (χ1v) is 4.44. The molecule has 0 amide bonds. The molecule has 0 aromatic heterocycles. The van der Waals surface area contributed by atoms with Gasteiger partial charge in [-0.1, -0.05) is 12.1 Å². The molecule has 0 aliphatic carbocycles. The van der Waals surface area contributed by atoms with E-state index in [0.29, 0.717) is 11.1 Å². The van der Waals surface area contributed by atoms with Crippen molar-refractivity contribution in [2.24, 2.45) is 0 Å². The molecular weight excluding hydrogens is 190 g/mol. The van der Waals surface area contributed by atoms with E-state index in [0.717, 1.165) is 0 Å². The number of hydrogen-bond acceptors (Lipinski definition) is 4. The van der Waals surface area contributed by atoms with Gasteiger partial charge in [0.25, 0.3) is 0 Å². The monoisotopic (exact) mass is 196 g/mol. The summed E-state index contributed by atoms with van der Waals surface area (Å²) in [7, 11) is 0. The Morgan fingerprint density at radius 1 is 1.62 bits per heavy atom. The van der Waals surface area contributed by atoms with Gasteiger partial charge in [-0.05, 0) is 17.7 Å². The Bertz CT molecular complexity index is 359. The van der Waals surface area contributed by atoms with Crippen LogP contribution in [-0.2, 0) is 22.2 Å². The molecule has 5 heteroatoms. The molecular formula is C8H6NO3S-. The maximum Gasteiger partial charge on any atom is 0.0991 e. The Morgan fingerprint density at radius 3 is 3.00 bits per heavy atom. The van der Waals surface area contributed by atoms with E-state index in [1.807, 2.05) is 6.07 Å². The van der Waals surface area contributed by atoms with Crippen LogP contribution in [0.1, 0.15) is 11.1 Å². The fourth-order valence-electron chi connectivity index (χ4n) is 0.847. The van der Waals surface area contributed by atoms with Crippen molar-refractivity contribution in [1.29, 1.82) is 5.26 Å². The van der Waals surface area contributed by atoms with Gasteiger partial charge in [-0.2, -0.15) is 5.26 Å². The first-order valence-electron chi connectivity index (χ1n) is 3.44. The lowest BCUT2D eigenvalue weighted by Gasteiger charge is -2.05. The van der Waals surface area contributed by atoms with E-state index in [9.17, 15) is 8.76 Å². The smallest absolute Gasteiger partial charge is 0.0991 e. The van der Waals surface area contributed by atoms with Gasteiger partial charge in [0.05, 0.1) is 29.6 Å². The van der Waals surface area contributed by atoms with Crippen molar-refractivity contribution in [2.75, 3.05) is 0 Å². The van der Waals surface area contributed by atoms with Gasteiger partial charge in [0.1, 0.15) is 0 Å². The van der Waals surface area contributed by atoms with E-state index in [1.165, 1.54) is 0 Å². The molecule has 1 unspecified atom stereocenters. The molecule has 1 aromatic carbocycles. The maximum atomic E-state index is 10.0. The summed E-state index contributed by atoms with van der Waals surface area (Å²) in [5.41, 5.74) is 1.14. The fraction of sp³-hybridized carbons (Fsp3) is 0.125. The summed E-state index contributed by atoms with van der Waals surface area (Å²) in [6, 6.07) is 8.52. The minimum absolute atomic E-state index is 0.0361. The summed E-state index contributed by atoms with van der Waals surface area (Å²) in [6.07, 6.45) is 0. The van der Waals surface area contributed by atoms with Crippen LogP contribution in [0.5, 0.6) is 0 Å². The second-order valence-corrected chi connectivity index (χ2v) is 2.92. The number of rotatable bonds is 3. The molecule has 0 heterocycles. The van der Waals surface area contributed by atoms with Crippen LogP contribution < -0.4 is 0 Å². The lowest BCUT2D eigenvalue weighted by molar-refractivity contribution is 0.291. The predicted octanol–water partition coefficient (Wildman–Crippen LogP) is 0.869. The fourth-order valence-corrected chi connectivity index (χ4v) is 1.08. The van der Waals surface area contributed by atoms with Gasteiger partial charge in [0, 0.05) is 0 Å². The number of nitrogens with zero attached hydrogens (tertiary/aromatic N) is 1. The largest absolute Gasteiger partial charge is 0.750 e. The third-order valence-corrected chi connectivity index (χ3v) is 1.69. The molecule has 4 nitrogen and oxygen atoms in total. The summed E-state index contributed by atoms with van der Waals surface area (Å²) in [5.74, 6) is 0. The third-order valence-electron chi connectivity index (χ3n) is 1.38. The molecule has 0 radical (unpaired) electrons. The molecule has 0 N–H and O–H groups in total. The van der Waals surface area contributed by atoms with Gasteiger partial charge < -0.3 is 4.55 Å². The van der Waals surface area contributed by atoms with Crippen molar-refractivity contribution < 1.29 is 12.9 Å². The molecule has 0 bridgehead atoms. The molecule has 0 saturated heterocycles. The highest BCUT2D eigenvalue weighted by molar-refractivity contribution is 7.74. The van der Waals surface area contributed by atoms with Crippen LogP contribution in [0.3, 0.4) is 0 Å². The van der Waals surface area contributed by atoms with Crippen LogP contribution in [-0.4, -0.2) is 8.76 Å². The highest BCUT2D eigenvalue weighted by Gasteiger charge is 1.95. The Balaban J connectivity index is 2.68. The van der Waals surface area contributed by atoms with Crippen molar-refractivity contribution in [3.8, 4) is 6.07 Å². The molecule has 1 atom stereocenters. The van der Waals surface area contributed by atoms with Crippen LogP contribution in [0.25, 0.3) is 0 Å². The Kier molecular flexibility index (Phi) is 3.58. The quantitative estimate of drug-likeness (QED) is 0.672. The molecule has 0 fully saturated rings. The summed E-state index contributed by atoms with van der Waals surface area (Å²) in [6.45, 7) is -0.0361. The highest BCUT2D eigenvalue weighted by atomic mass is 32.2. The predicted molar refractivity (Wildman–Crippen MR) is 44.9 cm³/mol. The van der Waals surface area contributed by atoms with Gasteiger partial charge in [0.2, 0.25) is 0 Å². The van der Waals surface area contributed by atoms with Crippen LogP contribution in [0.15, 0.2) is 24.3 Å². The van der Waals surface area contributed by atoms with E-state index in [2.05, 4.69) is 4.18 Å². The summed E-state index contributed by atoms with van der Waals surface area (Å²) < 4.78 is 24.4. The van der Waals surface area contributed by atoms with Gasteiger partial charge in [-0.15, -0.1) is 0 Å². The topological polar surface area (TPSA) is 73.1 Å². The minimum Gasteiger partial charge on any atom is -0.750 e. The van der Waals surface area contributed by atoms with Crippen LogP contribution in [0.4, 0.5) is 0 Å². The van der Waals surface area contributed by atoms with Crippen molar-refractivity contribution in [3.05, 3.63) is 35.4 Å². The average Bonchev–Trinajstić information content (AvgIpc) is 2.15. The van der Waals surface area contributed by atoms with Gasteiger partial charge in [-0.25, -0.2) is 4.21 Å². The van der Waals surface area contributed by atoms with E-state index >= 15 is 0 Å². The SMILES string of the molecule is N#Cc1cccc(COS(=O)[O-])c1. The molecule has 0 saturated carbocycles. The van der Waals surface area contributed by atoms with E-state index < -0.39 is 11.4 Å². The van der Waals surface area contributed by atoms with Crippen molar-refractivity contribution in [3.63, 3.8) is 0 Å².